The van der Waals surface area contributed by atoms with E-state index in [4.69, 9.17) is 4.74 Å². The number of morpholine rings is 1. The first-order chi connectivity index (χ1) is 12.1. The van der Waals surface area contributed by atoms with Gasteiger partial charge in [0, 0.05) is 18.0 Å². The molecule has 2 aliphatic rings. The van der Waals surface area contributed by atoms with E-state index in [-0.39, 0.29) is 29.0 Å². The standard InChI is InChI=1S/C19H22N2O4/c22-17-7-3-5-13(17)16-11-25-9-8-21(16)19(24)14-10-12-4-1-2-6-15(12)20-18(14)23/h1-2,4,6,10,13,16-17,22H,3,5,7-9,11H2,(H,20,23). The lowest BCUT2D eigenvalue weighted by atomic mass is 9.93. The first kappa shape index (κ1) is 16.3. The van der Waals surface area contributed by atoms with Gasteiger partial charge in [0.15, 0.2) is 0 Å². The minimum Gasteiger partial charge on any atom is -0.393 e. The summed E-state index contributed by atoms with van der Waals surface area (Å²) >= 11 is 0. The van der Waals surface area contributed by atoms with Gasteiger partial charge in [-0.15, -0.1) is 0 Å². The number of hydrogen-bond acceptors (Lipinski definition) is 4. The Morgan fingerprint density at radius 1 is 1.28 bits per heavy atom. The fourth-order valence-corrected chi connectivity index (χ4v) is 4.11. The van der Waals surface area contributed by atoms with Crippen molar-refractivity contribution in [1.29, 1.82) is 0 Å². The lowest BCUT2D eigenvalue weighted by Gasteiger charge is -2.40. The van der Waals surface area contributed by atoms with Crippen molar-refractivity contribution in [2.45, 2.75) is 31.4 Å². The first-order valence-corrected chi connectivity index (χ1v) is 8.84. The van der Waals surface area contributed by atoms with Gasteiger partial charge in [-0.25, -0.2) is 0 Å². The Morgan fingerprint density at radius 2 is 2.12 bits per heavy atom. The van der Waals surface area contributed by atoms with Gasteiger partial charge in [-0.1, -0.05) is 24.6 Å². The summed E-state index contributed by atoms with van der Waals surface area (Å²) in [7, 11) is 0. The number of nitrogens with zero attached hydrogens (tertiary/aromatic N) is 1. The van der Waals surface area contributed by atoms with Crippen LogP contribution in [0.15, 0.2) is 35.1 Å². The van der Waals surface area contributed by atoms with Crippen molar-refractivity contribution in [2.24, 2.45) is 5.92 Å². The third kappa shape index (κ3) is 2.96. The number of amides is 1. The number of carbonyl (C=O) groups excluding carboxylic acids is 1. The molecule has 2 aromatic rings. The zero-order valence-corrected chi connectivity index (χ0v) is 14.0. The van der Waals surface area contributed by atoms with Crippen LogP contribution in [0.3, 0.4) is 0 Å². The molecular weight excluding hydrogens is 320 g/mol. The van der Waals surface area contributed by atoms with Gasteiger partial charge >= 0.3 is 0 Å². The largest absolute Gasteiger partial charge is 0.393 e. The Balaban J connectivity index is 1.68. The van der Waals surface area contributed by atoms with Crippen LogP contribution in [-0.4, -0.2) is 52.8 Å². The zero-order chi connectivity index (χ0) is 17.4. The number of aromatic amines is 1. The van der Waals surface area contributed by atoms with Crippen molar-refractivity contribution in [3.63, 3.8) is 0 Å². The molecule has 1 saturated carbocycles. The SMILES string of the molecule is O=C(c1cc2ccccc2[nH]c1=O)N1CCOCC1C1CCCC1O. The van der Waals surface area contributed by atoms with Gasteiger partial charge in [-0.3, -0.25) is 9.59 Å². The van der Waals surface area contributed by atoms with E-state index < -0.39 is 6.10 Å². The maximum Gasteiger partial charge on any atom is 0.261 e. The molecule has 2 heterocycles. The third-order valence-electron chi connectivity index (χ3n) is 5.44. The van der Waals surface area contributed by atoms with E-state index in [0.717, 1.165) is 24.6 Å². The summed E-state index contributed by atoms with van der Waals surface area (Å²) in [5, 5.41) is 11.1. The molecule has 2 fully saturated rings. The van der Waals surface area contributed by atoms with E-state index in [1.807, 2.05) is 24.3 Å². The van der Waals surface area contributed by atoms with E-state index in [9.17, 15) is 14.7 Å². The van der Waals surface area contributed by atoms with Crippen LogP contribution < -0.4 is 5.56 Å². The second kappa shape index (κ2) is 6.61. The summed E-state index contributed by atoms with van der Waals surface area (Å²) in [5.74, 6) is -0.261. The van der Waals surface area contributed by atoms with Crippen LogP contribution in [0, 0.1) is 5.92 Å². The molecule has 0 radical (unpaired) electrons. The van der Waals surface area contributed by atoms with Gasteiger partial charge in [0.1, 0.15) is 5.56 Å². The van der Waals surface area contributed by atoms with E-state index in [1.54, 1.807) is 11.0 Å². The molecule has 3 atom stereocenters. The van der Waals surface area contributed by atoms with E-state index >= 15 is 0 Å². The van der Waals surface area contributed by atoms with Crippen LogP contribution in [0.4, 0.5) is 0 Å². The van der Waals surface area contributed by atoms with Crippen molar-refractivity contribution < 1.29 is 14.6 Å². The quantitative estimate of drug-likeness (QED) is 0.867. The summed E-state index contributed by atoms with van der Waals surface area (Å²) in [4.78, 5) is 30.0. The summed E-state index contributed by atoms with van der Waals surface area (Å²) in [6, 6.07) is 8.90. The van der Waals surface area contributed by atoms with Crippen molar-refractivity contribution in [3.8, 4) is 0 Å². The number of rotatable bonds is 2. The van der Waals surface area contributed by atoms with Crippen LogP contribution in [-0.2, 0) is 4.74 Å². The summed E-state index contributed by atoms with van der Waals surface area (Å²) in [5.41, 5.74) is 0.493. The van der Waals surface area contributed by atoms with E-state index in [2.05, 4.69) is 4.98 Å². The van der Waals surface area contributed by atoms with Gasteiger partial charge in [0.25, 0.3) is 11.5 Å². The predicted octanol–water partition coefficient (Wildman–Crippen LogP) is 1.53. The Hall–Kier alpha value is -2.18. The fourth-order valence-electron chi connectivity index (χ4n) is 4.11. The van der Waals surface area contributed by atoms with Crippen molar-refractivity contribution in [1.82, 2.24) is 9.88 Å². The average Bonchev–Trinajstić information content (AvgIpc) is 3.06. The number of para-hydroxylation sites is 1. The second-order valence-electron chi connectivity index (χ2n) is 6.90. The molecule has 132 valence electrons. The van der Waals surface area contributed by atoms with Crippen LogP contribution in [0.25, 0.3) is 10.9 Å². The van der Waals surface area contributed by atoms with Gasteiger partial charge in [0.05, 0.1) is 25.4 Å². The minimum absolute atomic E-state index is 0.0174. The lowest BCUT2D eigenvalue weighted by Crippen LogP contribution is -2.54. The van der Waals surface area contributed by atoms with Crippen molar-refractivity contribution >= 4 is 16.8 Å². The molecular formula is C19H22N2O4. The van der Waals surface area contributed by atoms with E-state index in [1.165, 1.54) is 0 Å². The highest BCUT2D eigenvalue weighted by Crippen LogP contribution is 2.32. The van der Waals surface area contributed by atoms with Crippen molar-refractivity contribution in [3.05, 3.63) is 46.2 Å². The maximum absolute atomic E-state index is 13.1. The Morgan fingerprint density at radius 3 is 2.92 bits per heavy atom. The monoisotopic (exact) mass is 342 g/mol. The lowest BCUT2D eigenvalue weighted by molar-refractivity contribution is -0.0384. The molecule has 25 heavy (non-hydrogen) atoms. The molecule has 6 heteroatoms. The fraction of sp³-hybridized carbons (Fsp3) is 0.474. The number of aromatic nitrogens is 1. The Labute approximate surface area is 145 Å². The predicted molar refractivity (Wildman–Crippen MR) is 93.6 cm³/mol. The smallest absolute Gasteiger partial charge is 0.261 e. The van der Waals surface area contributed by atoms with Crippen LogP contribution >= 0.6 is 0 Å². The normalized spacial score (nSPS) is 26.9. The molecule has 0 bridgehead atoms. The molecule has 0 spiro atoms. The number of fused-ring (bicyclic) bond motifs is 1. The molecule has 1 aromatic heterocycles. The number of hydrogen-bond donors (Lipinski definition) is 2. The number of aliphatic hydroxyl groups is 1. The molecule has 1 saturated heterocycles. The molecule has 1 aromatic carbocycles. The molecule has 1 aliphatic heterocycles. The van der Waals surface area contributed by atoms with Gasteiger partial charge in [-0.2, -0.15) is 0 Å². The summed E-state index contributed by atoms with van der Waals surface area (Å²) in [6.07, 6.45) is 2.20. The average molecular weight is 342 g/mol. The molecule has 1 amide bonds. The number of carbonyl (C=O) groups is 1. The number of ether oxygens (including phenoxy) is 1. The Bertz CT molecular complexity index is 847. The highest BCUT2D eigenvalue weighted by Gasteiger charge is 2.40. The molecule has 4 rings (SSSR count). The molecule has 6 nitrogen and oxygen atoms in total. The number of nitrogens with one attached hydrogen (secondary N) is 1. The topological polar surface area (TPSA) is 82.6 Å². The van der Waals surface area contributed by atoms with Gasteiger partial charge in [-0.05, 0) is 30.4 Å². The van der Waals surface area contributed by atoms with Gasteiger partial charge in [0.2, 0.25) is 0 Å². The second-order valence-corrected chi connectivity index (χ2v) is 6.90. The number of pyridine rings is 1. The summed E-state index contributed by atoms with van der Waals surface area (Å²) in [6.45, 7) is 1.31. The van der Waals surface area contributed by atoms with Crippen LogP contribution in [0.5, 0.6) is 0 Å². The van der Waals surface area contributed by atoms with Crippen LogP contribution in [0.1, 0.15) is 29.6 Å². The molecule has 3 unspecified atom stereocenters. The molecule has 1 aliphatic carbocycles. The van der Waals surface area contributed by atoms with E-state index in [0.29, 0.717) is 25.3 Å². The number of H-pyrrole nitrogens is 1. The maximum atomic E-state index is 13.1. The first-order valence-electron chi connectivity index (χ1n) is 8.84. The Kier molecular flexibility index (Phi) is 4.31. The molecule has 2 N–H and O–H groups in total. The summed E-state index contributed by atoms with van der Waals surface area (Å²) < 4.78 is 5.57. The van der Waals surface area contributed by atoms with Crippen molar-refractivity contribution in [2.75, 3.05) is 19.8 Å². The number of benzene rings is 1. The highest BCUT2D eigenvalue weighted by atomic mass is 16.5. The zero-order valence-electron chi connectivity index (χ0n) is 14.0. The van der Waals surface area contributed by atoms with Gasteiger partial charge < -0.3 is 19.7 Å². The number of aliphatic hydroxyl groups excluding tert-OH is 1. The third-order valence-corrected chi connectivity index (χ3v) is 5.44. The highest BCUT2D eigenvalue weighted by molar-refractivity contribution is 5.97. The van der Waals surface area contributed by atoms with Crippen LogP contribution in [0.2, 0.25) is 0 Å². The minimum atomic E-state index is -0.406.